The molecule has 28 heavy (non-hydrogen) atoms. The van der Waals surface area contributed by atoms with Crippen molar-refractivity contribution in [1.29, 1.82) is 0 Å². The average Bonchev–Trinajstić information content (AvgIpc) is 3.06. The number of aliphatic imine (C=N–C) groups is 1. The number of aromatic nitrogens is 3. The first kappa shape index (κ1) is 25.1. The van der Waals surface area contributed by atoms with Crippen LogP contribution in [0.15, 0.2) is 4.99 Å². The highest BCUT2D eigenvalue weighted by molar-refractivity contribution is 14.0. The summed E-state index contributed by atoms with van der Waals surface area (Å²) >= 11 is 0. The van der Waals surface area contributed by atoms with Crippen LogP contribution in [-0.4, -0.2) is 73.9 Å². The Hall–Kier alpha value is -0.980. The minimum Gasteiger partial charge on any atom is -0.382 e. The zero-order chi connectivity index (χ0) is 19.3. The number of nitrogens with zero attached hydrogens (tertiary/aromatic N) is 4. The lowest BCUT2D eigenvalue weighted by Crippen LogP contribution is -2.47. The number of methoxy groups -OCH3 is 2. The van der Waals surface area contributed by atoms with Gasteiger partial charge in [-0.1, -0.05) is 0 Å². The summed E-state index contributed by atoms with van der Waals surface area (Å²) < 4.78 is 17.5. The van der Waals surface area contributed by atoms with Crippen molar-refractivity contribution in [1.82, 2.24) is 25.4 Å². The number of halogens is 1. The largest absolute Gasteiger partial charge is 0.382 e. The third-order valence-corrected chi connectivity index (χ3v) is 4.26. The standard InChI is InChI=1S/C18H34N6O3.HI/c1-4-19-18(20-9-5-6-10-27-12-11-25-2)21-15-7-8-17-22-16(14-26-3)23-24(17)13-15;/h15H,4-14H2,1-3H3,(H2,19,20,21);1H. The first-order valence-corrected chi connectivity index (χ1v) is 9.79. The van der Waals surface area contributed by atoms with Gasteiger partial charge in [-0.15, -0.1) is 24.0 Å². The van der Waals surface area contributed by atoms with E-state index in [4.69, 9.17) is 14.2 Å². The highest BCUT2D eigenvalue weighted by Gasteiger charge is 2.22. The predicted molar refractivity (Wildman–Crippen MR) is 119 cm³/mol. The second-order valence-electron chi connectivity index (χ2n) is 6.51. The summed E-state index contributed by atoms with van der Waals surface area (Å²) in [5.74, 6) is 2.65. The van der Waals surface area contributed by atoms with Gasteiger partial charge in [0, 0.05) is 46.4 Å². The van der Waals surface area contributed by atoms with Crippen LogP contribution in [-0.2, 0) is 33.8 Å². The normalized spacial score (nSPS) is 16.4. The Morgan fingerprint density at radius 2 is 2.07 bits per heavy atom. The SMILES string of the molecule is CCNC(=NCCCCOCCOC)NC1CCc2nc(COC)nn2C1.I. The summed E-state index contributed by atoms with van der Waals surface area (Å²) in [4.78, 5) is 9.20. The Labute approximate surface area is 185 Å². The lowest BCUT2D eigenvalue weighted by atomic mass is 10.1. The number of guanidine groups is 1. The van der Waals surface area contributed by atoms with Crippen LogP contribution in [0.5, 0.6) is 0 Å². The molecule has 1 atom stereocenters. The molecule has 0 spiro atoms. The van der Waals surface area contributed by atoms with E-state index in [0.29, 0.717) is 25.9 Å². The maximum Gasteiger partial charge on any atom is 0.191 e. The number of hydrogen-bond acceptors (Lipinski definition) is 6. The first-order chi connectivity index (χ1) is 13.3. The van der Waals surface area contributed by atoms with Crippen LogP contribution in [0.3, 0.4) is 0 Å². The molecule has 1 aliphatic rings. The van der Waals surface area contributed by atoms with Crippen LogP contribution in [0.2, 0.25) is 0 Å². The zero-order valence-corrected chi connectivity index (χ0v) is 19.6. The fourth-order valence-corrected chi connectivity index (χ4v) is 2.93. The summed E-state index contributed by atoms with van der Waals surface area (Å²) in [6.07, 6.45) is 3.93. The van der Waals surface area contributed by atoms with E-state index in [9.17, 15) is 0 Å². The zero-order valence-electron chi connectivity index (χ0n) is 17.3. The lowest BCUT2D eigenvalue weighted by Gasteiger charge is -2.25. The van der Waals surface area contributed by atoms with Gasteiger partial charge in [-0.3, -0.25) is 4.99 Å². The van der Waals surface area contributed by atoms with Crippen molar-refractivity contribution in [2.75, 3.05) is 47.1 Å². The molecule has 0 saturated carbocycles. The van der Waals surface area contributed by atoms with Crippen molar-refractivity contribution in [2.24, 2.45) is 4.99 Å². The van der Waals surface area contributed by atoms with Gasteiger partial charge < -0.3 is 24.8 Å². The van der Waals surface area contributed by atoms with Crippen LogP contribution in [0.1, 0.15) is 37.8 Å². The van der Waals surface area contributed by atoms with Gasteiger partial charge in [0.2, 0.25) is 0 Å². The Bertz CT molecular complexity index is 570. The van der Waals surface area contributed by atoms with Gasteiger partial charge in [0.25, 0.3) is 0 Å². The Kier molecular flexibility index (Phi) is 13.4. The molecule has 0 saturated heterocycles. The second kappa shape index (κ2) is 14.9. The Morgan fingerprint density at radius 1 is 1.21 bits per heavy atom. The van der Waals surface area contributed by atoms with E-state index in [1.54, 1.807) is 14.2 Å². The summed E-state index contributed by atoms with van der Waals surface area (Å²) in [5.41, 5.74) is 0. The molecule has 0 aliphatic carbocycles. The van der Waals surface area contributed by atoms with Gasteiger partial charge in [0.05, 0.1) is 19.8 Å². The van der Waals surface area contributed by atoms with Crippen LogP contribution in [0.4, 0.5) is 0 Å². The molecule has 0 radical (unpaired) electrons. The molecule has 162 valence electrons. The molecule has 1 aliphatic heterocycles. The van der Waals surface area contributed by atoms with E-state index in [1.807, 2.05) is 4.68 Å². The van der Waals surface area contributed by atoms with Crippen molar-refractivity contribution >= 4 is 29.9 Å². The van der Waals surface area contributed by atoms with Gasteiger partial charge >= 0.3 is 0 Å². The number of unbranched alkanes of at least 4 members (excludes halogenated alkanes) is 1. The molecule has 9 nitrogen and oxygen atoms in total. The number of rotatable bonds is 12. The number of aryl methyl sites for hydroxylation is 1. The minimum atomic E-state index is 0. The molecule has 0 bridgehead atoms. The van der Waals surface area contributed by atoms with Crippen LogP contribution in [0.25, 0.3) is 0 Å². The Balaban J connectivity index is 0.00000392. The van der Waals surface area contributed by atoms with Gasteiger partial charge in [-0.2, -0.15) is 5.10 Å². The fraction of sp³-hybridized carbons (Fsp3) is 0.833. The smallest absolute Gasteiger partial charge is 0.191 e. The van der Waals surface area contributed by atoms with Gasteiger partial charge in [-0.25, -0.2) is 9.67 Å². The summed E-state index contributed by atoms with van der Waals surface area (Å²) in [6.45, 7) is 7.00. The molecule has 0 amide bonds. The fourth-order valence-electron chi connectivity index (χ4n) is 2.93. The third kappa shape index (κ3) is 9.01. The number of nitrogens with one attached hydrogen (secondary N) is 2. The number of fused-ring (bicyclic) bond motifs is 1. The molecule has 0 fully saturated rings. The monoisotopic (exact) mass is 510 g/mol. The van der Waals surface area contributed by atoms with Crippen LogP contribution >= 0.6 is 24.0 Å². The molecule has 10 heteroatoms. The van der Waals surface area contributed by atoms with Gasteiger partial charge in [0.1, 0.15) is 12.4 Å². The molecular weight excluding hydrogens is 475 g/mol. The number of ether oxygens (including phenoxy) is 3. The topological polar surface area (TPSA) is 94.8 Å². The maximum absolute atomic E-state index is 5.47. The van der Waals surface area contributed by atoms with E-state index in [2.05, 4.69) is 32.6 Å². The van der Waals surface area contributed by atoms with Gasteiger partial charge in [0.15, 0.2) is 11.8 Å². The van der Waals surface area contributed by atoms with E-state index < -0.39 is 0 Å². The predicted octanol–water partition coefficient (Wildman–Crippen LogP) is 1.36. The molecule has 1 unspecified atom stereocenters. The van der Waals surface area contributed by atoms with Crippen LogP contribution < -0.4 is 10.6 Å². The molecule has 1 aromatic rings. The number of hydrogen-bond donors (Lipinski definition) is 2. The highest BCUT2D eigenvalue weighted by atomic mass is 127. The molecule has 2 N–H and O–H groups in total. The van der Waals surface area contributed by atoms with E-state index in [0.717, 1.165) is 69.5 Å². The van der Waals surface area contributed by atoms with E-state index in [-0.39, 0.29) is 24.0 Å². The summed E-state index contributed by atoms with van der Waals surface area (Å²) in [6, 6.07) is 0.296. The van der Waals surface area contributed by atoms with Crippen LogP contribution in [0, 0.1) is 0 Å². The highest BCUT2D eigenvalue weighted by Crippen LogP contribution is 2.13. The maximum atomic E-state index is 5.47. The van der Waals surface area contributed by atoms with Crippen molar-refractivity contribution in [3.8, 4) is 0 Å². The van der Waals surface area contributed by atoms with Crippen molar-refractivity contribution in [3.05, 3.63) is 11.6 Å². The molecule has 0 aromatic carbocycles. The first-order valence-electron chi connectivity index (χ1n) is 9.79. The summed E-state index contributed by atoms with van der Waals surface area (Å²) in [7, 11) is 3.34. The molecule has 1 aromatic heterocycles. The quantitative estimate of drug-likeness (QED) is 0.190. The minimum absolute atomic E-state index is 0. The molecule has 2 rings (SSSR count). The van der Waals surface area contributed by atoms with Crippen molar-refractivity contribution < 1.29 is 14.2 Å². The average molecular weight is 510 g/mol. The lowest BCUT2D eigenvalue weighted by molar-refractivity contribution is 0.0690. The third-order valence-electron chi connectivity index (χ3n) is 4.26. The van der Waals surface area contributed by atoms with E-state index in [1.165, 1.54) is 0 Å². The summed E-state index contributed by atoms with van der Waals surface area (Å²) in [5, 5.41) is 11.4. The van der Waals surface area contributed by atoms with Crippen molar-refractivity contribution in [2.45, 2.75) is 51.8 Å². The molecule has 2 heterocycles. The second-order valence-corrected chi connectivity index (χ2v) is 6.51. The van der Waals surface area contributed by atoms with Gasteiger partial charge in [-0.05, 0) is 26.2 Å². The van der Waals surface area contributed by atoms with Crippen molar-refractivity contribution in [3.63, 3.8) is 0 Å². The van der Waals surface area contributed by atoms with E-state index >= 15 is 0 Å². The molecular formula is C18H35IN6O3. The Morgan fingerprint density at radius 3 is 2.82 bits per heavy atom.